The van der Waals surface area contributed by atoms with E-state index in [2.05, 4.69) is 5.10 Å². The van der Waals surface area contributed by atoms with Crippen molar-refractivity contribution in [3.8, 4) is 0 Å². The number of hydrogen-bond acceptors (Lipinski definition) is 3. The molecule has 0 bridgehead atoms. The summed E-state index contributed by atoms with van der Waals surface area (Å²) in [4.78, 5) is 11.8. The molecule has 0 aliphatic heterocycles. The van der Waals surface area contributed by atoms with E-state index in [1.807, 2.05) is 19.1 Å². The van der Waals surface area contributed by atoms with Crippen LogP contribution in [-0.2, 0) is 11.8 Å². The third-order valence-corrected chi connectivity index (χ3v) is 4.69. The SMILES string of the molecule is Cn1nc(F)c2ccc([C@H]3CC[C@](C)(C(=O)NO)C3)cc21. The van der Waals surface area contributed by atoms with Crippen LogP contribution >= 0.6 is 0 Å². The van der Waals surface area contributed by atoms with Gasteiger partial charge >= 0.3 is 0 Å². The predicted octanol–water partition coefficient (Wildman–Crippen LogP) is 2.49. The molecule has 2 N–H and O–H groups in total. The molecule has 1 amide bonds. The van der Waals surface area contributed by atoms with Crippen LogP contribution in [0.3, 0.4) is 0 Å². The quantitative estimate of drug-likeness (QED) is 0.660. The molecular weight excluding hydrogens is 273 g/mol. The number of nitrogens with zero attached hydrogens (tertiary/aromatic N) is 2. The number of halogens is 1. The Morgan fingerprint density at radius 2 is 2.33 bits per heavy atom. The minimum atomic E-state index is -0.550. The lowest BCUT2D eigenvalue weighted by Crippen LogP contribution is -2.35. The molecule has 1 aliphatic carbocycles. The Bertz CT molecular complexity index is 712. The number of rotatable bonds is 2. The van der Waals surface area contributed by atoms with Crippen LogP contribution in [0.15, 0.2) is 18.2 Å². The molecule has 1 aromatic carbocycles. The fraction of sp³-hybridized carbons (Fsp3) is 0.467. The van der Waals surface area contributed by atoms with Crippen molar-refractivity contribution in [1.82, 2.24) is 15.3 Å². The molecule has 1 aliphatic rings. The minimum Gasteiger partial charge on any atom is -0.289 e. The third kappa shape index (κ3) is 2.19. The maximum Gasteiger partial charge on any atom is 0.249 e. The van der Waals surface area contributed by atoms with E-state index in [-0.39, 0.29) is 11.8 Å². The van der Waals surface area contributed by atoms with Crippen molar-refractivity contribution in [1.29, 1.82) is 0 Å². The lowest BCUT2D eigenvalue weighted by Gasteiger charge is -2.21. The maximum atomic E-state index is 13.6. The van der Waals surface area contributed by atoms with E-state index in [4.69, 9.17) is 5.21 Å². The Labute approximate surface area is 121 Å². The summed E-state index contributed by atoms with van der Waals surface area (Å²) in [7, 11) is 1.72. The number of carbonyl (C=O) groups is 1. The molecule has 0 saturated heterocycles. The Hall–Kier alpha value is -1.95. The van der Waals surface area contributed by atoms with Crippen LogP contribution in [0.5, 0.6) is 0 Å². The molecule has 1 fully saturated rings. The van der Waals surface area contributed by atoms with Crippen molar-refractivity contribution in [2.75, 3.05) is 0 Å². The van der Waals surface area contributed by atoms with Crippen LogP contribution in [0.2, 0.25) is 0 Å². The molecule has 2 aromatic rings. The largest absolute Gasteiger partial charge is 0.289 e. The average molecular weight is 291 g/mol. The van der Waals surface area contributed by atoms with Gasteiger partial charge in [0.2, 0.25) is 11.9 Å². The fourth-order valence-corrected chi connectivity index (χ4v) is 3.35. The first-order valence-corrected chi connectivity index (χ1v) is 7.01. The first-order chi connectivity index (χ1) is 9.94. The smallest absolute Gasteiger partial charge is 0.249 e. The number of amides is 1. The molecule has 2 atom stereocenters. The molecule has 6 heteroatoms. The zero-order valence-electron chi connectivity index (χ0n) is 12.1. The molecule has 3 rings (SSSR count). The number of carbonyl (C=O) groups excluding carboxylic acids is 1. The highest BCUT2D eigenvalue weighted by molar-refractivity contribution is 5.82. The first kappa shape index (κ1) is 14.0. The van der Waals surface area contributed by atoms with Crippen LogP contribution in [0.1, 0.15) is 37.7 Å². The van der Waals surface area contributed by atoms with Gasteiger partial charge in [0.25, 0.3) is 0 Å². The number of hydroxylamine groups is 1. The monoisotopic (exact) mass is 291 g/mol. The number of aryl methyl sites for hydroxylation is 1. The fourth-order valence-electron chi connectivity index (χ4n) is 3.35. The topological polar surface area (TPSA) is 67.2 Å². The van der Waals surface area contributed by atoms with Crippen molar-refractivity contribution in [2.24, 2.45) is 12.5 Å². The van der Waals surface area contributed by atoms with Gasteiger partial charge in [-0.2, -0.15) is 4.39 Å². The summed E-state index contributed by atoms with van der Waals surface area (Å²) in [5, 5.41) is 13.1. The van der Waals surface area contributed by atoms with E-state index in [9.17, 15) is 9.18 Å². The average Bonchev–Trinajstić information content (AvgIpc) is 3.00. The minimum absolute atomic E-state index is 0.231. The van der Waals surface area contributed by atoms with Crippen LogP contribution in [0, 0.1) is 11.4 Å². The second kappa shape index (κ2) is 4.80. The van der Waals surface area contributed by atoms with E-state index < -0.39 is 11.4 Å². The van der Waals surface area contributed by atoms with E-state index in [1.165, 1.54) is 4.68 Å². The Morgan fingerprint density at radius 1 is 1.57 bits per heavy atom. The summed E-state index contributed by atoms with van der Waals surface area (Å²) in [6.07, 6.45) is 2.27. The number of aromatic nitrogens is 2. The summed E-state index contributed by atoms with van der Waals surface area (Å²) in [5.41, 5.74) is 3.05. The summed E-state index contributed by atoms with van der Waals surface area (Å²) in [6, 6.07) is 5.59. The first-order valence-electron chi connectivity index (χ1n) is 7.01. The molecular formula is C15H18FN3O2. The zero-order chi connectivity index (χ0) is 15.2. The molecule has 0 radical (unpaired) electrons. The molecule has 112 valence electrons. The summed E-state index contributed by atoms with van der Waals surface area (Å²) in [6.45, 7) is 1.86. The number of nitrogens with one attached hydrogen (secondary N) is 1. The number of hydrogen-bond donors (Lipinski definition) is 2. The highest BCUT2D eigenvalue weighted by atomic mass is 19.1. The van der Waals surface area contributed by atoms with Gasteiger partial charge in [-0.15, -0.1) is 5.10 Å². The highest BCUT2D eigenvalue weighted by Gasteiger charge is 2.41. The van der Waals surface area contributed by atoms with E-state index in [0.29, 0.717) is 11.8 Å². The Morgan fingerprint density at radius 3 is 3.05 bits per heavy atom. The van der Waals surface area contributed by atoms with Gasteiger partial charge in [0, 0.05) is 12.5 Å². The van der Waals surface area contributed by atoms with E-state index in [1.54, 1.807) is 18.6 Å². The van der Waals surface area contributed by atoms with Gasteiger partial charge in [-0.25, -0.2) is 5.48 Å². The standard InChI is InChI=1S/C15H18FN3O2/c1-15(14(20)18-21)6-5-10(8-15)9-3-4-11-12(7-9)19(2)17-13(11)16/h3-4,7,10,21H,5-6,8H2,1-2H3,(H,18,20)/t10-,15-/m0/s1. The van der Waals surface area contributed by atoms with Crippen LogP contribution in [0.4, 0.5) is 4.39 Å². The third-order valence-electron chi connectivity index (χ3n) is 4.69. The van der Waals surface area contributed by atoms with Crippen molar-refractivity contribution in [2.45, 2.75) is 32.1 Å². The second-order valence-corrected chi connectivity index (χ2v) is 6.13. The predicted molar refractivity (Wildman–Crippen MR) is 75.3 cm³/mol. The molecule has 0 spiro atoms. The van der Waals surface area contributed by atoms with Crippen molar-refractivity contribution >= 4 is 16.8 Å². The van der Waals surface area contributed by atoms with Crippen LogP contribution < -0.4 is 5.48 Å². The summed E-state index contributed by atoms with van der Waals surface area (Å²) >= 11 is 0. The molecule has 5 nitrogen and oxygen atoms in total. The Kier molecular flexibility index (Phi) is 3.20. The summed E-state index contributed by atoms with van der Waals surface area (Å²) < 4.78 is 15.1. The molecule has 21 heavy (non-hydrogen) atoms. The van der Waals surface area contributed by atoms with Crippen LogP contribution in [-0.4, -0.2) is 20.9 Å². The van der Waals surface area contributed by atoms with Crippen molar-refractivity contribution < 1.29 is 14.4 Å². The highest BCUT2D eigenvalue weighted by Crippen LogP contribution is 2.46. The van der Waals surface area contributed by atoms with Gasteiger partial charge in [-0.05, 0) is 42.9 Å². The van der Waals surface area contributed by atoms with Crippen molar-refractivity contribution in [3.63, 3.8) is 0 Å². The van der Waals surface area contributed by atoms with Gasteiger partial charge in [0.15, 0.2) is 0 Å². The van der Waals surface area contributed by atoms with Crippen molar-refractivity contribution in [3.05, 3.63) is 29.7 Å². The van der Waals surface area contributed by atoms with Gasteiger partial charge in [-0.3, -0.25) is 14.7 Å². The molecule has 1 heterocycles. The van der Waals surface area contributed by atoms with Gasteiger partial charge in [0.1, 0.15) is 0 Å². The van der Waals surface area contributed by atoms with Gasteiger partial charge in [0.05, 0.1) is 10.9 Å². The number of benzene rings is 1. The Balaban J connectivity index is 1.92. The van der Waals surface area contributed by atoms with Crippen LogP contribution in [0.25, 0.3) is 10.9 Å². The number of fused-ring (bicyclic) bond motifs is 1. The molecule has 0 unspecified atom stereocenters. The zero-order valence-corrected chi connectivity index (χ0v) is 12.1. The maximum absolute atomic E-state index is 13.6. The van der Waals surface area contributed by atoms with Gasteiger partial charge in [-0.1, -0.05) is 13.0 Å². The molecule has 1 aromatic heterocycles. The lowest BCUT2D eigenvalue weighted by atomic mass is 9.85. The normalized spacial score (nSPS) is 25.4. The second-order valence-electron chi connectivity index (χ2n) is 6.13. The summed E-state index contributed by atoms with van der Waals surface area (Å²) in [5.74, 6) is -0.567. The molecule has 1 saturated carbocycles. The lowest BCUT2D eigenvalue weighted by molar-refractivity contribution is -0.138. The van der Waals surface area contributed by atoms with E-state index >= 15 is 0 Å². The van der Waals surface area contributed by atoms with Gasteiger partial charge < -0.3 is 0 Å². The van der Waals surface area contributed by atoms with E-state index in [0.717, 1.165) is 23.9 Å².